The number of anilines is 4. The summed E-state index contributed by atoms with van der Waals surface area (Å²) in [6.45, 7) is 6.57. The van der Waals surface area contributed by atoms with Crippen molar-refractivity contribution in [3.8, 4) is 5.75 Å². The number of hydrogen-bond acceptors (Lipinski definition) is 4. The van der Waals surface area contributed by atoms with Gasteiger partial charge in [-0.25, -0.2) is 14.0 Å². The zero-order valence-electron chi connectivity index (χ0n) is 20.7. The number of halogens is 2. The number of piperazine rings is 1. The Morgan fingerprint density at radius 1 is 0.973 bits per heavy atom. The van der Waals surface area contributed by atoms with Gasteiger partial charge in [0.25, 0.3) is 0 Å². The SMILES string of the molecule is CCOc1ccc(F)cc1NC(=O)Nc1ccc(N2CCN(C(=O)Nc3c(C)cccc3Cl)CC2)cc1. The Morgan fingerprint density at radius 2 is 1.70 bits per heavy atom. The van der Waals surface area contributed by atoms with E-state index in [2.05, 4.69) is 20.9 Å². The van der Waals surface area contributed by atoms with Crippen LogP contribution < -0.4 is 25.6 Å². The molecule has 0 aliphatic carbocycles. The molecule has 4 rings (SSSR count). The minimum absolute atomic E-state index is 0.174. The van der Waals surface area contributed by atoms with Gasteiger partial charge in [0.1, 0.15) is 11.6 Å². The summed E-state index contributed by atoms with van der Waals surface area (Å²) in [5.74, 6) is -0.0797. The highest BCUT2D eigenvalue weighted by Gasteiger charge is 2.22. The van der Waals surface area contributed by atoms with Crippen LogP contribution in [0.4, 0.5) is 36.7 Å². The normalized spacial score (nSPS) is 13.2. The average Bonchev–Trinajstić information content (AvgIpc) is 2.88. The number of para-hydroxylation sites is 1. The van der Waals surface area contributed by atoms with Gasteiger partial charge in [-0.3, -0.25) is 0 Å². The van der Waals surface area contributed by atoms with E-state index in [1.807, 2.05) is 38.1 Å². The van der Waals surface area contributed by atoms with Gasteiger partial charge in [-0.05, 0) is 61.9 Å². The third kappa shape index (κ3) is 6.62. The quantitative estimate of drug-likeness (QED) is 0.358. The van der Waals surface area contributed by atoms with Crippen molar-refractivity contribution >= 4 is 46.4 Å². The number of carbonyl (C=O) groups is 2. The van der Waals surface area contributed by atoms with Gasteiger partial charge in [-0.1, -0.05) is 23.7 Å². The fourth-order valence-corrected chi connectivity index (χ4v) is 4.33. The highest BCUT2D eigenvalue weighted by Crippen LogP contribution is 2.27. The molecule has 0 radical (unpaired) electrons. The molecule has 0 bridgehead atoms. The van der Waals surface area contributed by atoms with E-state index in [-0.39, 0.29) is 11.7 Å². The summed E-state index contributed by atoms with van der Waals surface area (Å²) < 4.78 is 19.1. The van der Waals surface area contributed by atoms with Gasteiger partial charge in [-0.15, -0.1) is 0 Å². The van der Waals surface area contributed by atoms with Crippen LogP contribution in [0.25, 0.3) is 0 Å². The minimum atomic E-state index is -0.507. The molecular weight excluding hydrogens is 497 g/mol. The first-order valence-corrected chi connectivity index (χ1v) is 12.4. The number of nitrogens with one attached hydrogen (secondary N) is 3. The van der Waals surface area contributed by atoms with Gasteiger partial charge in [0.2, 0.25) is 0 Å². The summed E-state index contributed by atoms with van der Waals surface area (Å²) >= 11 is 6.23. The molecule has 4 amide bonds. The molecule has 3 aromatic rings. The number of benzene rings is 3. The van der Waals surface area contributed by atoms with Gasteiger partial charge in [0, 0.05) is 43.6 Å². The molecule has 194 valence electrons. The lowest BCUT2D eigenvalue weighted by atomic mass is 10.2. The number of carbonyl (C=O) groups excluding carboxylic acids is 2. The number of hydrogen-bond donors (Lipinski definition) is 3. The van der Waals surface area contributed by atoms with Gasteiger partial charge in [0.15, 0.2) is 0 Å². The Labute approximate surface area is 220 Å². The predicted octanol–water partition coefficient (Wildman–Crippen LogP) is 6.18. The number of ether oxygens (including phenoxy) is 1. The van der Waals surface area contributed by atoms with E-state index in [9.17, 15) is 14.0 Å². The molecule has 10 heteroatoms. The van der Waals surface area contributed by atoms with Crippen molar-refractivity contribution in [3.05, 3.63) is 77.1 Å². The summed E-state index contributed by atoms with van der Waals surface area (Å²) in [5.41, 5.74) is 3.37. The molecule has 0 unspecified atom stereocenters. The number of urea groups is 2. The number of nitrogens with zero attached hydrogens (tertiary/aromatic N) is 2. The Kier molecular flexibility index (Phi) is 8.35. The second kappa shape index (κ2) is 11.8. The summed E-state index contributed by atoms with van der Waals surface area (Å²) in [6.07, 6.45) is 0. The Balaban J connectivity index is 1.29. The van der Waals surface area contributed by atoms with Crippen LogP contribution in [-0.2, 0) is 0 Å². The molecule has 0 saturated carbocycles. The van der Waals surface area contributed by atoms with Crippen molar-refractivity contribution in [1.82, 2.24) is 4.90 Å². The first kappa shape index (κ1) is 26.1. The lowest BCUT2D eigenvalue weighted by molar-refractivity contribution is 0.208. The monoisotopic (exact) mass is 525 g/mol. The van der Waals surface area contributed by atoms with Crippen molar-refractivity contribution in [3.63, 3.8) is 0 Å². The van der Waals surface area contributed by atoms with E-state index >= 15 is 0 Å². The fraction of sp³-hybridized carbons (Fsp3) is 0.259. The molecule has 3 aromatic carbocycles. The highest BCUT2D eigenvalue weighted by molar-refractivity contribution is 6.33. The van der Waals surface area contributed by atoms with Gasteiger partial charge in [-0.2, -0.15) is 0 Å². The summed E-state index contributed by atoms with van der Waals surface area (Å²) in [5, 5.41) is 8.81. The number of rotatable bonds is 6. The smallest absolute Gasteiger partial charge is 0.323 e. The van der Waals surface area contributed by atoms with E-state index in [1.165, 1.54) is 18.2 Å². The van der Waals surface area contributed by atoms with Crippen molar-refractivity contribution in [2.45, 2.75) is 13.8 Å². The first-order valence-electron chi connectivity index (χ1n) is 12.0. The van der Waals surface area contributed by atoms with Crippen LogP contribution in [0.5, 0.6) is 5.75 Å². The molecule has 8 nitrogen and oxygen atoms in total. The number of amides is 4. The summed E-state index contributed by atoms with van der Waals surface area (Å²) in [6, 6.07) is 16.2. The molecule has 1 saturated heterocycles. The van der Waals surface area contributed by atoms with E-state index in [0.717, 1.165) is 11.3 Å². The van der Waals surface area contributed by atoms with Gasteiger partial charge >= 0.3 is 12.1 Å². The molecule has 1 fully saturated rings. The van der Waals surface area contributed by atoms with Crippen molar-refractivity contribution in [1.29, 1.82) is 0 Å². The van der Waals surface area contributed by atoms with E-state index in [1.54, 1.807) is 23.1 Å². The van der Waals surface area contributed by atoms with Crippen LogP contribution in [0, 0.1) is 12.7 Å². The first-order chi connectivity index (χ1) is 17.8. The third-order valence-electron chi connectivity index (χ3n) is 6.00. The molecule has 1 aliphatic heterocycles. The molecule has 3 N–H and O–H groups in total. The maximum absolute atomic E-state index is 13.6. The van der Waals surface area contributed by atoms with E-state index in [4.69, 9.17) is 16.3 Å². The standard InChI is InChI=1S/C27H29ClFN5O3/c1-3-37-24-12-7-19(29)17-23(24)31-26(35)30-20-8-10-21(11-9-20)33-13-15-34(16-14-33)27(36)32-25-18(2)5-4-6-22(25)28/h4-12,17H,3,13-16H2,1-2H3,(H,32,36)(H2,30,31,35). The van der Waals surface area contributed by atoms with Crippen LogP contribution in [0.15, 0.2) is 60.7 Å². The minimum Gasteiger partial charge on any atom is -0.492 e. The molecule has 0 atom stereocenters. The second-order valence-corrected chi connectivity index (χ2v) is 8.94. The number of aryl methyl sites for hydroxylation is 1. The molecule has 0 spiro atoms. The highest BCUT2D eigenvalue weighted by atomic mass is 35.5. The summed E-state index contributed by atoms with van der Waals surface area (Å²) in [7, 11) is 0. The zero-order chi connectivity index (χ0) is 26.4. The lowest BCUT2D eigenvalue weighted by Crippen LogP contribution is -2.50. The largest absolute Gasteiger partial charge is 0.492 e. The van der Waals surface area contributed by atoms with E-state index in [0.29, 0.717) is 54.9 Å². The third-order valence-corrected chi connectivity index (χ3v) is 6.32. The molecular formula is C27H29ClFN5O3. The molecule has 37 heavy (non-hydrogen) atoms. The maximum atomic E-state index is 13.6. The Bertz CT molecular complexity index is 1240. The van der Waals surface area contributed by atoms with Crippen LogP contribution in [0.3, 0.4) is 0 Å². The Morgan fingerprint density at radius 3 is 2.38 bits per heavy atom. The second-order valence-electron chi connectivity index (χ2n) is 8.54. The van der Waals surface area contributed by atoms with Crippen LogP contribution >= 0.6 is 11.6 Å². The predicted molar refractivity (Wildman–Crippen MR) is 146 cm³/mol. The molecule has 1 aliphatic rings. The molecule has 0 aromatic heterocycles. The summed E-state index contributed by atoms with van der Waals surface area (Å²) in [4.78, 5) is 29.1. The molecule has 1 heterocycles. The van der Waals surface area contributed by atoms with Crippen molar-refractivity contribution in [2.24, 2.45) is 0 Å². The van der Waals surface area contributed by atoms with Gasteiger partial charge in [0.05, 0.1) is 23.0 Å². The lowest BCUT2D eigenvalue weighted by Gasteiger charge is -2.36. The Hall–Kier alpha value is -3.98. The van der Waals surface area contributed by atoms with Crippen LogP contribution in [0.2, 0.25) is 5.02 Å². The van der Waals surface area contributed by atoms with E-state index < -0.39 is 11.8 Å². The maximum Gasteiger partial charge on any atom is 0.323 e. The van der Waals surface area contributed by atoms with Crippen LogP contribution in [0.1, 0.15) is 12.5 Å². The van der Waals surface area contributed by atoms with Crippen molar-refractivity contribution in [2.75, 3.05) is 53.6 Å². The van der Waals surface area contributed by atoms with Crippen LogP contribution in [-0.4, -0.2) is 49.7 Å². The van der Waals surface area contributed by atoms with Crippen molar-refractivity contribution < 1.29 is 18.7 Å². The zero-order valence-corrected chi connectivity index (χ0v) is 21.4. The topological polar surface area (TPSA) is 85.9 Å². The van der Waals surface area contributed by atoms with Gasteiger partial charge < -0.3 is 30.5 Å². The average molecular weight is 526 g/mol. The fourth-order valence-electron chi connectivity index (χ4n) is 4.07.